The van der Waals surface area contributed by atoms with Crippen LogP contribution < -0.4 is 10.5 Å². The monoisotopic (exact) mass is 271 g/mol. The van der Waals surface area contributed by atoms with Gasteiger partial charge in [0.1, 0.15) is 5.75 Å². The minimum atomic E-state index is 0.0714. The van der Waals surface area contributed by atoms with Crippen LogP contribution in [0.5, 0.6) is 5.75 Å². The van der Waals surface area contributed by atoms with Gasteiger partial charge in [0.05, 0.1) is 6.61 Å². The maximum absolute atomic E-state index is 8.69. The van der Waals surface area contributed by atoms with Crippen molar-refractivity contribution < 1.29 is 9.94 Å². The molecule has 20 heavy (non-hydrogen) atoms. The van der Waals surface area contributed by atoms with Crippen LogP contribution in [0.1, 0.15) is 16.7 Å². The normalized spacial score (nSPS) is 11.3. The lowest BCUT2D eigenvalue weighted by atomic mass is 10.1. The highest BCUT2D eigenvalue weighted by Crippen LogP contribution is 2.19. The van der Waals surface area contributed by atoms with Crippen LogP contribution in [0, 0.1) is 6.92 Å². The largest absolute Gasteiger partial charge is 0.493 e. The maximum Gasteiger partial charge on any atom is 0.170 e. The summed E-state index contributed by atoms with van der Waals surface area (Å²) in [5.74, 6) is 0.806. The van der Waals surface area contributed by atoms with Gasteiger partial charge in [0.2, 0.25) is 0 Å². The van der Waals surface area contributed by atoms with E-state index < -0.39 is 0 Å². The van der Waals surface area contributed by atoms with Crippen molar-refractivity contribution in [2.45, 2.75) is 13.3 Å². The van der Waals surface area contributed by atoms with Crippen LogP contribution >= 0.6 is 0 Å². The Balaban J connectivity index is 2.02. The fourth-order valence-electron chi connectivity index (χ4n) is 1.80. The summed E-state index contributed by atoms with van der Waals surface area (Å²) in [6.07, 6.45) is 4.35. The first-order valence-electron chi connectivity index (χ1n) is 6.31. The molecule has 0 amide bonds. The molecule has 1 aromatic heterocycles. The molecule has 2 rings (SSSR count). The van der Waals surface area contributed by atoms with Gasteiger partial charge in [0.15, 0.2) is 5.84 Å². The Bertz CT molecular complexity index is 597. The van der Waals surface area contributed by atoms with Crippen LogP contribution in [-0.4, -0.2) is 22.6 Å². The molecule has 0 saturated heterocycles. The third-order valence-electron chi connectivity index (χ3n) is 2.96. The predicted molar refractivity (Wildman–Crippen MR) is 77.1 cm³/mol. The number of ether oxygens (including phenoxy) is 1. The van der Waals surface area contributed by atoms with Gasteiger partial charge in [0, 0.05) is 24.4 Å². The number of rotatable bonds is 5. The van der Waals surface area contributed by atoms with Gasteiger partial charge in [-0.1, -0.05) is 23.4 Å². The first kappa shape index (κ1) is 13.9. The van der Waals surface area contributed by atoms with Crippen molar-refractivity contribution in [2.75, 3.05) is 6.61 Å². The van der Waals surface area contributed by atoms with Crippen molar-refractivity contribution in [3.63, 3.8) is 0 Å². The number of aryl methyl sites for hydroxylation is 1. The Morgan fingerprint density at radius 2 is 2.25 bits per heavy atom. The molecule has 1 aromatic carbocycles. The molecule has 0 atom stereocenters. The van der Waals surface area contributed by atoms with Gasteiger partial charge in [-0.3, -0.25) is 4.98 Å². The maximum atomic E-state index is 8.69. The molecule has 104 valence electrons. The molecule has 0 aliphatic carbocycles. The first-order valence-corrected chi connectivity index (χ1v) is 6.31. The number of oxime groups is 1. The minimum absolute atomic E-state index is 0.0714. The average molecular weight is 271 g/mol. The number of pyridine rings is 1. The summed E-state index contributed by atoms with van der Waals surface area (Å²) in [6.45, 7) is 2.50. The molecule has 0 aliphatic heterocycles. The topological polar surface area (TPSA) is 80.7 Å². The minimum Gasteiger partial charge on any atom is -0.493 e. The molecule has 5 heteroatoms. The average Bonchev–Trinajstić information content (AvgIpc) is 2.49. The van der Waals surface area contributed by atoms with E-state index in [2.05, 4.69) is 10.1 Å². The molecule has 0 fully saturated rings. The molecule has 5 nitrogen and oxygen atoms in total. The van der Waals surface area contributed by atoms with E-state index in [-0.39, 0.29) is 5.84 Å². The van der Waals surface area contributed by atoms with E-state index in [1.807, 2.05) is 31.3 Å². The van der Waals surface area contributed by atoms with E-state index in [9.17, 15) is 0 Å². The SMILES string of the molecule is Cc1ccc(/C(N)=N/O)cc1OCCc1cccnc1. The Morgan fingerprint density at radius 3 is 2.95 bits per heavy atom. The number of benzene rings is 1. The summed E-state index contributed by atoms with van der Waals surface area (Å²) >= 11 is 0. The Kier molecular flexibility index (Phi) is 4.55. The van der Waals surface area contributed by atoms with Crippen LogP contribution in [0.4, 0.5) is 0 Å². The van der Waals surface area contributed by atoms with Gasteiger partial charge in [-0.25, -0.2) is 0 Å². The van der Waals surface area contributed by atoms with E-state index in [0.717, 1.165) is 23.3 Å². The highest BCUT2D eigenvalue weighted by Gasteiger charge is 2.05. The van der Waals surface area contributed by atoms with Crippen LogP contribution in [0.3, 0.4) is 0 Å². The van der Waals surface area contributed by atoms with E-state index in [4.69, 9.17) is 15.7 Å². The molecule has 1 heterocycles. The van der Waals surface area contributed by atoms with Crippen LogP contribution in [-0.2, 0) is 6.42 Å². The van der Waals surface area contributed by atoms with Crippen molar-refractivity contribution in [2.24, 2.45) is 10.9 Å². The third-order valence-corrected chi connectivity index (χ3v) is 2.96. The summed E-state index contributed by atoms with van der Waals surface area (Å²) in [6, 6.07) is 9.36. The standard InChI is InChI=1S/C15H17N3O2/c1-11-4-5-13(15(16)18-19)9-14(11)20-8-6-12-3-2-7-17-10-12/h2-5,7,9-10,19H,6,8H2,1H3,(H2,16,18). The second kappa shape index (κ2) is 6.56. The number of amidine groups is 1. The second-order valence-corrected chi connectivity index (χ2v) is 4.43. The van der Waals surface area contributed by atoms with E-state index in [0.29, 0.717) is 12.2 Å². The van der Waals surface area contributed by atoms with Gasteiger partial charge in [-0.05, 0) is 30.2 Å². The number of aromatic nitrogens is 1. The number of nitrogens with two attached hydrogens (primary N) is 1. The van der Waals surface area contributed by atoms with Crippen LogP contribution in [0.25, 0.3) is 0 Å². The van der Waals surface area contributed by atoms with Crippen LogP contribution in [0.2, 0.25) is 0 Å². The summed E-state index contributed by atoms with van der Waals surface area (Å²) in [5.41, 5.74) is 8.33. The van der Waals surface area contributed by atoms with Gasteiger partial charge in [-0.2, -0.15) is 0 Å². The van der Waals surface area contributed by atoms with E-state index >= 15 is 0 Å². The Hall–Kier alpha value is -2.56. The van der Waals surface area contributed by atoms with Gasteiger partial charge in [-0.15, -0.1) is 0 Å². The fourth-order valence-corrected chi connectivity index (χ4v) is 1.80. The number of hydrogen-bond acceptors (Lipinski definition) is 4. The van der Waals surface area contributed by atoms with Crippen molar-refractivity contribution in [1.29, 1.82) is 0 Å². The number of hydrogen-bond donors (Lipinski definition) is 2. The molecule has 2 aromatic rings. The molecule has 0 saturated carbocycles. The van der Waals surface area contributed by atoms with E-state index in [1.54, 1.807) is 18.3 Å². The summed E-state index contributed by atoms with van der Waals surface area (Å²) in [4.78, 5) is 4.06. The molecular weight excluding hydrogens is 254 g/mol. The smallest absolute Gasteiger partial charge is 0.170 e. The zero-order chi connectivity index (χ0) is 14.4. The lowest BCUT2D eigenvalue weighted by Crippen LogP contribution is -2.13. The predicted octanol–water partition coefficient (Wildman–Crippen LogP) is 2.11. The third kappa shape index (κ3) is 3.47. The first-order chi connectivity index (χ1) is 9.70. The molecule has 0 unspecified atom stereocenters. The molecular formula is C15H17N3O2. The van der Waals surface area contributed by atoms with Crippen molar-refractivity contribution in [1.82, 2.24) is 4.98 Å². The van der Waals surface area contributed by atoms with E-state index in [1.165, 1.54) is 0 Å². The summed E-state index contributed by atoms with van der Waals surface area (Å²) < 4.78 is 5.76. The van der Waals surface area contributed by atoms with Gasteiger partial charge < -0.3 is 15.7 Å². The lowest BCUT2D eigenvalue weighted by molar-refractivity contribution is 0.317. The van der Waals surface area contributed by atoms with Crippen molar-refractivity contribution in [3.8, 4) is 5.75 Å². The summed E-state index contributed by atoms with van der Waals surface area (Å²) in [5, 5.41) is 11.7. The zero-order valence-electron chi connectivity index (χ0n) is 11.3. The second-order valence-electron chi connectivity index (χ2n) is 4.43. The van der Waals surface area contributed by atoms with Crippen molar-refractivity contribution in [3.05, 3.63) is 59.4 Å². The number of nitrogens with zero attached hydrogens (tertiary/aromatic N) is 2. The van der Waals surface area contributed by atoms with Gasteiger partial charge >= 0.3 is 0 Å². The molecule has 3 N–H and O–H groups in total. The molecule has 0 aliphatic rings. The molecule has 0 spiro atoms. The highest BCUT2D eigenvalue weighted by atomic mass is 16.5. The Morgan fingerprint density at radius 1 is 1.40 bits per heavy atom. The van der Waals surface area contributed by atoms with Gasteiger partial charge in [0.25, 0.3) is 0 Å². The molecule has 0 bridgehead atoms. The zero-order valence-corrected chi connectivity index (χ0v) is 11.3. The quantitative estimate of drug-likeness (QED) is 0.378. The summed E-state index contributed by atoms with van der Waals surface area (Å²) in [7, 11) is 0. The fraction of sp³-hybridized carbons (Fsp3) is 0.200. The molecule has 0 radical (unpaired) electrons. The lowest BCUT2D eigenvalue weighted by Gasteiger charge is -2.10. The Labute approximate surface area is 117 Å². The highest BCUT2D eigenvalue weighted by molar-refractivity contribution is 5.97. The van der Waals surface area contributed by atoms with Crippen molar-refractivity contribution >= 4 is 5.84 Å². The van der Waals surface area contributed by atoms with Crippen LogP contribution in [0.15, 0.2) is 47.9 Å².